The number of pyridine rings is 1. The third-order valence-corrected chi connectivity index (χ3v) is 4.12. The maximum Gasteiger partial charge on any atom is 0.257 e. The normalized spacial score (nSPS) is 18.3. The van der Waals surface area contributed by atoms with E-state index in [4.69, 9.17) is 0 Å². The molecule has 4 nitrogen and oxygen atoms in total. The van der Waals surface area contributed by atoms with E-state index in [0.717, 1.165) is 19.4 Å². The molecule has 1 unspecified atom stereocenters. The van der Waals surface area contributed by atoms with Gasteiger partial charge in [0.05, 0.1) is 5.56 Å². The van der Waals surface area contributed by atoms with E-state index < -0.39 is 5.82 Å². The molecular formula is C16H24FN3O. The van der Waals surface area contributed by atoms with Gasteiger partial charge in [0.2, 0.25) is 0 Å². The first-order valence-corrected chi connectivity index (χ1v) is 7.72. The lowest BCUT2D eigenvalue weighted by Gasteiger charge is -2.19. The second-order valence-corrected chi connectivity index (χ2v) is 5.99. The minimum absolute atomic E-state index is 0.119. The van der Waals surface area contributed by atoms with Gasteiger partial charge in [-0.1, -0.05) is 20.8 Å². The molecule has 0 saturated carbocycles. The molecule has 116 valence electrons. The van der Waals surface area contributed by atoms with Crippen LogP contribution in [0.5, 0.6) is 0 Å². The number of nitrogens with one attached hydrogen (secondary N) is 1. The number of hydrogen-bond donors (Lipinski definition) is 1. The number of halogens is 1. The molecule has 5 heteroatoms. The van der Waals surface area contributed by atoms with E-state index in [1.807, 2.05) is 6.92 Å². The fourth-order valence-electron chi connectivity index (χ4n) is 2.66. The summed E-state index contributed by atoms with van der Waals surface area (Å²) in [6.07, 6.45) is 3.36. The summed E-state index contributed by atoms with van der Waals surface area (Å²) < 4.78 is 14.4. The minimum Gasteiger partial charge on any atom is -0.368 e. The molecule has 1 aromatic rings. The average Bonchev–Trinajstić information content (AvgIpc) is 2.95. The molecule has 0 spiro atoms. The van der Waals surface area contributed by atoms with Crippen LogP contribution >= 0.6 is 0 Å². The predicted molar refractivity (Wildman–Crippen MR) is 81.8 cm³/mol. The van der Waals surface area contributed by atoms with Crippen LogP contribution < -0.4 is 5.32 Å². The minimum atomic E-state index is -0.538. The molecule has 1 fully saturated rings. The summed E-state index contributed by atoms with van der Waals surface area (Å²) in [5, 5.41) is 2.92. The van der Waals surface area contributed by atoms with Crippen molar-refractivity contribution < 1.29 is 9.18 Å². The SMILES string of the molecule is CCCNc1nccc(C(=O)N2CCC(C(C)C)C2)c1F. The van der Waals surface area contributed by atoms with Crippen LogP contribution in [-0.4, -0.2) is 35.4 Å². The van der Waals surface area contributed by atoms with Gasteiger partial charge in [-0.15, -0.1) is 0 Å². The Labute approximate surface area is 125 Å². The molecule has 1 aliphatic heterocycles. The van der Waals surface area contributed by atoms with Crippen LogP contribution in [-0.2, 0) is 0 Å². The number of nitrogens with zero attached hydrogens (tertiary/aromatic N) is 2. The van der Waals surface area contributed by atoms with Crippen LogP contribution in [0.2, 0.25) is 0 Å². The number of aromatic nitrogens is 1. The molecule has 1 aliphatic rings. The van der Waals surface area contributed by atoms with Crippen molar-refractivity contribution in [1.29, 1.82) is 0 Å². The molecule has 1 N–H and O–H groups in total. The molecule has 2 rings (SSSR count). The van der Waals surface area contributed by atoms with Gasteiger partial charge >= 0.3 is 0 Å². The second kappa shape index (κ2) is 6.87. The van der Waals surface area contributed by atoms with Crippen molar-refractivity contribution in [2.75, 3.05) is 25.0 Å². The average molecular weight is 293 g/mol. The van der Waals surface area contributed by atoms with Gasteiger partial charge in [0.25, 0.3) is 5.91 Å². The van der Waals surface area contributed by atoms with Gasteiger partial charge in [0.15, 0.2) is 11.6 Å². The van der Waals surface area contributed by atoms with Crippen molar-refractivity contribution in [2.24, 2.45) is 11.8 Å². The highest BCUT2D eigenvalue weighted by molar-refractivity contribution is 5.95. The Bertz CT molecular complexity index is 504. The lowest BCUT2D eigenvalue weighted by Crippen LogP contribution is -2.30. The molecule has 0 bridgehead atoms. The van der Waals surface area contributed by atoms with Crippen molar-refractivity contribution in [3.05, 3.63) is 23.6 Å². The first-order valence-electron chi connectivity index (χ1n) is 7.72. The number of likely N-dealkylation sites (tertiary alicyclic amines) is 1. The molecule has 21 heavy (non-hydrogen) atoms. The van der Waals surface area contributed by atoms with Crippen LogP contribution in [0.25, 0.3) is 0 Å². The quantitative estimate of drug-likeness (QED) is 0.907. The van der Waals surface area contributed by atoms with Gasteiger partial charge in [0.1, 0.15) is 0 Å². The molecule has 0 aliphatic carbocycles. The third kappa shape index (κ3) is 3.52. The van der Waals surface area contributed by atoms with E-state index in [1.54, 1.807) is 4.90 Å². The summed E-state index contributed by atoms with van der Waals surface area (Å²) in [6.45, 7) is 8.39. The molecule has 1 aromatic heterocycles. The summed E-state index contributed by atoms with van der Waals surface area (Å²) in [6, 6.07) is 1.47. The number of hydrogen-bond acceptors (Lipinski definition) is 3. The van der Waals surface area contributed by atoms with Crippen LogP contribution in [0.15, 0.2) is 12.3 Å². The van der Waals surface area contributed by atoms with E-state index in [9.17, 15) is 9.18 Å². The second-order valence-electron chi connectivity index (χ2n) is 5.99. The zero-order valence-electron chi connectivity index (χ0n) is 13.0. The summed E-state index contributed by atoms with van der Waals surface area (Å²) in [5.74, 6) is 0.465. The predicted octanol–water partition coefficient (Wildman–Crippen LogP) is 3.16. The van der Waals surface area contributed by atoms with Gasteiger partial charge in [-0.3, -0.25) is 4.79 Å². The molecule has 2 heterocycles. The highest BCUT2D eigenvalue weighted by Crippen LogP contribution is 2.26. The Hall–Kier alpha value is -1.65. The Kier molecular flexibility index (Phi) is 5.15. The number of anilines is 1. The number of amides is 1. The van der Waals surface area contributed by atoms with Crippen molar-refractivity contribution in [3.8, 4) is 0 Å². The fourth-order valence-corrected chi connectivity index (χ4v) is 2.66. The topological polar surface area (TPSA) is 45.2 Å². The van der Waals surface area contributed by atoms with Crippen LogP contribution in [0.1, 0.15) is 44.0 Å². The highest BCUT2D eigenvalue weighted by atomic mass is 19.1. The number of carbonyl (C=O) groups is 1. The standard InChI is InChI=1S/C16H24FN3O/c1-4-7-18-15-14(17)13(5-8-19-15)16(21)20-9-6-12(10-20)11(2)3/h5,8,11-12H,4,6-7,9-10H2,1-3H3,(H,18,19). The molecule has 1 atom stereocenters. The van der Waals surface area contributed by atoms with Gasteiger partial charge in [-0.25, -0.2) is 9.37 Å². The molecular weight excluding hydrogens is 269 g/mol. The Morgan fingerprint density at radius 3 is 2.95 bits per heavy atom. The van der Waals surface area contributed by atoms with Crippen molar-refractivity contribution in [3.63, 3.8) is 0 Å². The first-order chi connectivity index (χ1) is 10.0. The van der Waals surface area contributed by atoms with E-state index in [-0.39, 0.29) is 17.3 Å². The maximum atomic E-state index is 14.4. The van der Waals surface area contributed by atoms with Gasteiger partial charge in [0, 0.05) is 25.8 Å². The zero-order chi connectivity index (χ0) is 15.4. The van der Waals surface area contributed by atoms with Crippen LogP contribution in [0.3, 0.4) is 0 Å². The maximum absolute atomic E-state index is 14.4. The first kappa shape index (κ1) is 15.7. The highest BCUT2D eigenvalue weighted by Gasteiger charge is 2.30. The summed E-state index contributed by atoms with van der Waals surface area (Å²) in [7, 11) is 0. The summed E-state index contributed by atoms with van der Waals surface area (Å²) in [4.78, 5) is 18.2. The summed E-state index contributed by atoms with van der Waals surface area (Å²) in [5.41, 5.74) is 0.119. The number of rotatable bonds is 5. The van der Waals surface area contributed by atoms with E-state index in [0.29, 0.717) is 24.9 Å². The van der Waals surface area contributed by atoms with Crippen LogP contribution in [0.4, 0.5) is 10.2 Å². The van der Waals surface area contributed by atoms with Gasteiger partial charge in [-0.2, -0.15) is 0 Å². The Morgan fingerprint density at radius 2 is 2.33 bits per heavy atom. The zero-order valence-corrected chi connectivity index (χ0v) is 13.0. The van der Waals surface area contributed by atoms with Crippen molar-refractivity contribution in [2.45, 2.75) is 33.6 Å². The van der Waals surface area contributed by atoms with Gasteiger partial charge < -0.3 is 10.2 Å². The molecule has 1 saturated heterocycles. The van der Waals surface area contributed by atoms with E-state index in [1.165, 1.54) is 12.3 Å². The van der Waals surface area contributed by atoms with Crippen molar-refractivity contribution >= 4 is 11.7 Å². The van der Waals surface area contributed by atoms with Crippen LogP contribution in [0, 0.1) is 17.7 Å². The monoisotopic (exact) mass is 293 g/mol. The molecule has 0 radical (unpaired) electrons. The number of carbonyl (C=O) groups excluding carboxylic acids is 1. The lowest BCUT2D eigenvalue weighted by atomic mass is 9.95. The van der Waals surface area contributed by atoms with E-state index >= 15 is 0 Å². The third-order valence-electron chi connectivity index (χ3n) is 4.12. The Morgan fingerprint density at radius 1 is 1.57 bits per heavy atom. The van der Waals surface area contributed by atoms with Gasteiger partial charge in [-0.05, 0) is 30.7 Å². The van der Waals surface area contributed by atoms with Crippen molar-refractivity contribution in [1.82, 2.24) is 9.88 Å². The Balaban J connectivity index is 2.13. The molecule has 1 amide bonds. The smallest absolute Gasteiger partial charge is 0.257 e. The van der Waals surface area contributed by atoms with E-state index in [2.05, 4.69) is 24.1 Å². The molecule has 0 aromatic carbocycles. The summed E-state index contributed by atoms with van der Waals surface area (Å²) >= 11 is 0. The lowest BCUT2D eigenvalue weighted by molar-refractivity contribution is 0.0779. The fraction of sp³-hybridized carbons (Fsp3) is 0.625. The largest absolute Gasteiger partial charge is 0.368 e.